The molecule has 1 fully saturated rings. The summed E-state index contributed by atoms with van der Waals surface area (Å²) in [6, 6.07) is -0.197. The highest BCUT2D eigenvalue weighted by molar-refractivity contribution is 6.33. The predicted molar refractivity (Wildman–Crippen MR) is 74.1 cm³/mol. The van der Waals surface area contributed by atoms with Crippen LogP contribution in [0.3, 0.4) is 0 Å². The van der Waals surface area contributed by atoms with E-state index in [1.165, 1.54) is 0 Å². The molecule has 1 aliphatic carbocycles. The van der Waals surface area contributed by atoms with Crippen LogP contribution in [-0.2, 0) is 0 Å². The fourth-order valence-corrected chi connectivity index (χ4v) is 2.92. The molecule has 1 saturated carbocycles. The SMILES string of the molecule is C=C1C(CO)C(O)CC1n1cnc2c(Cl)nc(N)nc21. The average Bonchev–Trinajstić information content (AvgIpc) is 2.91. The Hall–Kier alpha value is -1.70. The van der Waals surface area contributed by atoms with E-state index in [0.717, 1.165) is 5.57 Å². The zero-order valence-corrected chi connectivity index (χ0v) is 11.3. The lowest BCUT2D eigenvalue weighted by Gasteiger charge is -2.15. The van der Waals surface area contributed by atoms with Crippen molar-refractivity contribution < 1.29 is 10.2 Å². The fourth-order valence-electron chi connectivity index (χ4n) is 2.70. The van der Waals surface area contributed by atoms with Gasteiger partial charge in [0.25, 0.3) is 0 Å². The molecule has 3 unspecified atom stereocenters. The molecule has 7 nitrogen and oxygen atoms in total. The number of aliphatic hydroxyl groups is 2. The average molecular weight is 296 g/mol. The lowest BCUT2D eigenvalue weighted by atomic mass is 10.0. The molecule has 3 atom stereocenters. The molecule has 0 radical (unpaired) electrons. The molecular weight excluding hydrogens is 282 g/mol. The van der Waals surface area contributed by atoms with Gasteiger partial charge in [0.15, 0.2) is 10.8 Å². The minimum Gasteiger partial charge on any atom is -0.396 e. The van der Waals surface area contributed by atoms with Crippen molar-refractivity contribution in [2.24, 2.45) is 5.92 Å². The van der Waals surface area contributed by atoms with Crippen molar-refractivity contribution in [1.29, 1.82) is 0 Å². The number of fused-ring (bicyclic) bond motifs is 1. The van der Waals surface area contributed by atoms with Crippen LogP contribution in [0.5, 0.6) is 0 Å². The predicted octanol–water partition coefficient (Wildman–Crippen LogP) is 0.532. The summed E-state index contributed by atoms with van der Waals surface area (Å²) in [7, 11) is 0. The maximum Gasteiger partial charge on any atom is 0.223 e. The third-order valence-electron chi connectivity index (χ3n) is 3.76. The summed E-state index contributed by atoms with van der Waals surface area (Å²) in [5, 5.41) is 19.5. The molecule has 0 saturated heterocycles. The van der Waals surface area contributed by atoms with Crippen LogP contribution in [0.15, 0.2) is 18.5 Å². The second kappa shape index (κ2) is 4.69. The van der Waals surface area contributed by atoms with Crippen LogP contribution >= 0.6 is 11.6 Å². The molecule has 4 N–H and O–H groups in total. The first-order valence-corrected chi connectivity index (χ1v) is 6.54. The number of aromatic nitrogens is 4. The second-order valence-corrected chi connectivity index (χ2v) is 5.24. The van der Waals surface area contributed by atoms with E-state index in [1.54, 1.807) is 10.9 Å². The van der Waals surface area contributed by atoms with Crippen LogP contribution in [0.25, 0.3) is 11.2 Å². The Bertz CT molecular complexity index is 686. The molecule has 1 aliphatic rings. The lowest BCUT2D eigenvalue weighted by Crippen LogP contribution is -2.17. The molecule has 0 amide bonds. The van der Waals surface area contributed by atoms with Gasteiger partial charge in [-0.05, 0) is 12.0 Å². The molecule has 2 aromatic rings. The Kier molecular flexibility index (Phi) is 3.12. The zero-order chi connectivity index (χ0) is 14.4. The van der Waals surface area contributed by atoms with Crippen LogP contribution in [0.2, 0.25) is 5.15 Å². The summed E-state index contributed by atoms with van der Waals surface area (Å²) in [6.45, 7) is 3.83. The number of halogens is 1. The largest absolute Gasteiger partial charge is 0.396 e. The highest BCUT2D eigenvalue weighted by Crippen LogP contribution is 2.40. The van der Waals surface area contributed by atoms with Gasteiger partial charge in [-0.2, -0.15) is 9.97 Å². The Morgan fingerprint density at radius 3 is 2.90 bits per heavy atom. The first-order chi connectivity index (χ1) is 9.52. The first kappa shape index (κ1) is 13.3. The van der Waals surface area contributed by atoms with Gasteiger partial charge in [0, 0.05) is 5.92 Å². The normalized spacial score (nSPS) is 26.6. The first-order valence-electron chi connectivity index (χ1n) is 6.16. The lowest BCUT2D eigenvalue weighted by molar-refractivity contribution is 0.101. The number of hydrogen-bond donors (Lipinski definition) is 3. The highest BCUT2D eigenvalue weighted by atomic mass is 35.5. The molecule has 0 spiro atoms. The van der Waals surface area contributed by atoms with Gasteiger partial charge in [-0.1, -0.05) is 18.2 Å². The van der Waals surface area contributed by atoms with Crippen LogP contribution in [0, 0.1) is 5.92 Å². The Balaban J connectivity index is 2.10. The van der Waals surface area contributed by atoms with Crippen molar-refractivity contribution in [3.8, 4) is 0 Å². The number of nitrogens with two attached hydrogens (primary N) is 1. The molecule has 20 heavy (non-hydrogen) atoms. The van der Waals surface area contributed by atoms with Crippen molar-refractivity contribution >= 4 is 28.7 Å². The number of nitrogens with zero attached hydrogens (tertiary/aromatic N) is 4. The van der Waals surface area contributed by atoms with Gasteiger partial charge in [0.2, 0.25) is 5.95 Å². The molecular formula is C12H14ClN5O2. The van der Waals surface area contributed by atoms with Crippen LogP contribution < -0.4 is 5.73 Å². The highest BCUT2D eigenvalue weighted by Gasteiger charge is 2.37. The Morgan fingerprint density at radius 1 is 1.50 bits per heavy atom. The summed E-state index contributed by atoms with van der Waals surface area (Å²) < 4.78 is 1.76. The van der Waals surface area contributed by atoms with Crippen LogP contribution in [-0.4, -0.2) is 42.4 Å². The monoisotopic (exact) mass is 295 g/mol. The maximum atomic E-state index is 9.97. The number of rotatable bonds is 2. The Labute approximate surface area is 119 Å². The number of nitrogen functional groups attached to an aromatic ring is 1. The molecule has 2 heterocycles. The molecule has 0 aromatic carbocycles. The van der Waals surface area contributed by atoms with E-state index in [9.17, 15) is 10.2 Å². The number of hydrogen-bond acceptors (Lipinski definition) is 6. The maximum absolute atomic E-state index is 9.97. The van der Waals surface area contributed by atoms with Gasteiger partial charge in [0.1, 0.15) is 5.52 Å². The third-order valence-corrected chi connectivity index (χ3v) is 4.03. The molecule has 0 aliphatic heterocycles. The van der Waals surface area contributed by atoms with Crippen LogP contribution in [0.1, 0.15) is 12.5 Å². The van der Waals surface area contributed by atoms with Gasteiger partial charge in [-0.25, -0.2) is 4.98 Å². The van der Waals surface area contributed by atoms with Gasteiger partial charge >= 0.3 is 0 Å². The van der Waals surface area contributed by atoms with E-state index in [4.69, 9.17) is 17.3 Å². The van der Waals surface area contributed by atoms with Gasteiger partial charge in [0.05, 0.1) is 25.1 Å². The number of aliphatic hydroxyl groups excluding tert-OH is 2. The van der Waals surface area contributed by atoms with Gasteiger partial charge < -0.3 is 20.5 Å². The molecule has 8 heteroatoms. The quantitative estimate of drug-likeness (QED) is 0.551. The van der Waals surface area contributed by atoms with Crippen molar-refractivity contribution in [3.05, 3.63) is 23.6 Å². The van der Waals surface area contributed by atoms with Gasteiger partial charge in [-0.3, -0.25) is 0 Å². The van der Waals surface area contributed by atoms with Crippen molar-refractivity contribution in [1.82, 2.24) is 19.5 Å². The van der Waals surface area contributed by atoms with Crippen LogP contribution in [0.4, 0.5) is 5.95 Å². The number of imidazole rings is 1. The summed E-state index contributed by atoms with van der Waals surface area (Å²) >= 11 is 5.98. The summed E-state index contributed by atoms with van der Waals surface area (Å²) in [6.07, 6.45) is 1.38. The van der Waals surface area contributed by atoms with E-state index in [2.05, 4.69) is 21.5 Å². The molecule has 2 aromatic heterocycles. The van der Waals surface area contributed by atoms with Crippen molar-refractivity contribution in [3.63, 3.8) is 0 Å². The van der Waals surface area contributed by atoms with E-state index in [-0.39, 0.29) is 29.7 Å². The number of anilines is 1. The minimum absolute atomic E-state index is 0.0621. The third kappa shape index (κ3) is 1.86. The van der Waals surface area contributed by atoms with Crippen molar-refractivity contribution in [2.75, 3.05) is 12.3 Å². The minimum atomic E-state index is -0.635. The topological polar surface area (TPSA) is 110 Å². The zero-order valence-electron chi connectivity index (χ0n) is 10.6. The summed E-state index contributed by atoms with van der Waals surface area (Å²) in [4.78, 5) is 12.2. The van der Waals surface area contributed by atoms with E-state index >= 15 is 0 Å². The van der Waals surface area contributed by atoms with Crippen molar-refractivity contribution in [2.45, 2.75) is 18.6 Å². The molecule has 0 bridgehead atoms. The van der Waals surface area contributed by atoms with E-state index < -0.39 is 6.10 Å². The fraction of sp³-hybridized carbons (Fsp3) is 0.417. The molecule has 3 rings (SSSR count). The van der Waals surface area contributed by atoms with E-state index in [1.807, 2.05) is 0 Å². The summed E-state index contributed by atoms with van der Waals surface area (Å²) in [5.74, 6) is -0.278. The Morgan fingerprint density at radius 2 is 2.25 bits per heavy atom. The second-order valence-electron chi connectivity index (χ2n) is 4.88. The van der Waals surface area contributed by atoms with E-state index in [0.29, 0.717) is 17.6 Å². The molecule has 106 valence electrons. The smallest absolute Gasteiger partial charge is 0.223 e. The standard InChI is InChI=1S/C12H14ClN5O2/c1-5-6(3-19)8(20)2-7(5)18-4-15-9-10(13)16-12(14)17-11(9)18/h4,6-8,19-20H,1-3H2,(H2,14,16,17). The van der Waals surface area contributed by atoms with Gasteiger partial charge in [-0.15, -0.1) is 0 Å². The summed E-state index contributed by atoms with van der Waals surface area (Å²) in [5.41, 5.74) is 7.30.